The third kappa shape index (κ3) is 4.04. The molecule has 1 saturated heterocycles. The SMILES string of the molecule is CCC[C@]1(C(=O)O)CCN(Cc2cc(C(C)C)c(OC)cc2C)C[C@@H]1O. The molecule has 5 heteroatoms. The highest BCUT2D eigenvalue weighted by Crippen LogP contribution is 2.38. The van der Waals surface area contributed by atoms with Gasteiger partial charge in [0.25, 0.3) is 0 Å². The van der Waals surface area contributed by atoms with Gasteiger partial charge in [-0.25, -0.2) is 0 Å². The molecule has 1 fully saturated rings. The number of ether oxygens (including phenoxy) is 1. The normalized spacial score (nSPS) is 24.0. The summed E-state index contributed by atoms with van der Waals surface area (Å²) >= 11 is 0. The van der Waals surface area contributed by atoms with Gasteiger partial charge < -0.3 is 14.9 Å². The number of piperidine rings is 1. The van der Waals surface area contributed by atoms with Crippen LogP contribution in [-0.2, 0) is 11.3 Å². The van der Waals surface area contributed by atoms with Crippen molar-refractivity contribution in [2.75, 3.05) is 20.2 Å². The van der Waals surface area contributed by atoms with Gasteiger partial charge in [0.2, 0.25) is 0 Å². The lowest BCUT2D eigenvalue weighted by Crippen LogP contribution is -2.54. The Kier molecular flexibility index (Phi) is 6.69. The first kappa shape index (κ1) is 20.7. The van der Waals surface area contributed by atoms with Gasteiger partial charge in [-0.1, -0.05) is 33.3 Å². The fourth-order valence-electron chi connectivity index (χ4n) is 4.06. The lowest BCUT2D eigenvalue weighted by molar-refractivity contribution is -0.164. The molecule has 1 aliphatic rings. The summed E-state index contributed by atoms with van der Waals surface area (Å²) in [5, 5.41) is 20.3. The van der Waals surface area contributed by atoms with Crippen molar-refractivity contribution in [3.63, 3.8) is 0 Å². The van der Waals surface area contributed by atoms with Gasteiger partial charge in [0.15, 0.2) is 0 Å². The molecule has 1 aromatic carbocycles. The number of aliphatic hydroxyl groups is 1. The van der Waals surface area contributed by atoms with Crippen molar-refractivity contribution in [2.45, 2.75) is 65.5 Å². The molecule has 146 valence electrons. The van der Waals surface area contributed by atoms with Gasteiger partial charge in [0, 0.05) is 13.1 Å². The summed E-state index contributed by atoms with van der Waals surface area (Å²) in [7, 11) is 1.69. The van der Waals surface area contributed by atoms with Crippen LogP contribution in [0.4, 0.5) is 0 Å². The van der Waals surface area contributed by atoms with Crippen LogP contribution in [0.5, 0.6) is 5.75 Å². The number of β-amino-alcohol motifs (C(OH)–C–C–N with tert-alkyl or cyclic N) is 1. The van der Waals surface area contributed by atoms with E-state index >= 15 is 0 Å². The second-order valence-corrected chi connectivity index (χ2v) is 7.89. The van der Waals surface area contributed by atoms with E-state index in [1.807, 2.05) is 6.92 Å². The van der Waals surface area contributed by atoms with Crippen LogP contribution in [0.15, 0.2) is 12.1 Å². The Balaban J connectivity index is 2.18. The third-order valence-corrected chi connectivity index (χ3v) is 5.77. The van der Waals surface area contributed by atoms with Crippen molar-refractivity contribution in [3.05, 3.63) is 28.8 Å². The number of hydrogen-bond donors (Lipinski definition) is 2. The van der Waals surface area contributed by atoms with E-state index < -0.39 is 17.5 Å². The Bertz CT molecular complexity index is 643. The van der Waals surface area contributed by atoms with Crippen molar-refractivity contribution in [1.29, 1.82) is 0 Å². The minimum atomic E-state index is -0.997. The van der Waals surface area contributed by atoms with E-state index in [4.69, 9.17) is 4.74 Å². The number of nitrogens with zero attached hydrogens (tertiary/aromatic N) is 1. The summed E-state index contributed by atoms with van der Waals surface area (Å²) in [5.74, 6) is 0.405. The van der Waals surface area contributed by atoms with Gasteiger partial charge >= 0.3 is 5.97 Å². The smallest absolute Gasteiger partial charge is 0.312 e. The van der Waals surface area contributed by atoms with Crippen molar-refractivity contribution in [2.24, 2.45) is 5.41 Å². The van der Waals surface area contributed by atoms with Crippen LogP contribution in [0.2, 0.25) is 0 Å². The van der Waals surface area contributed by atoms with Crippen LogP contribution < -0.4 is 4.74 Å². The Morgan fingerprint density at radius 2 is 2.12 bits per heavy atom. The summed E-state index contributed by atoms with van der Waals surface area (Å²) in [6, 6.07) is 4.26. The van der Waals surface area contributed by atoms with Gasteiger partial charge in [0.1, 0.15) is 5.75 Å². The standard InChI is InChI=1S/C21H33NO4/c1-6-7-21(20(24)25)8-9-22(13-19(21)23)12-16-11-17(14(2)3)18(26-5)10-15(16)4/h10-11,14,19,23H,6-9,12-13H2,1-5H3,(H,24,25)/t19-,21-/m0/s1. The predicted octanol–water partition coefficient (Wildman–Crippen LogP) is 3.56. The molecule has 0 aromatic heterocycles. The predicted molar refractivity (Wildman–Crippen MR) is 103 cm³/mol. The van der Waals surface area contributed by atoms with E-state index in [1.165, 1.54) is 11.1 Å². The molecular weight excluding hydrogens is 330 g/mol. The van der Waals surface area contributed by atoms with Gasteiger partial charge in [-0.15, -0.1) is 0 Å². The third-order valence-electron chi connectivity index (χ3n) is 5.77. The minimum absolute atomic E-state index is 0.362. The van der Waals surface area contributed by atoms with Gasteiger partial charge in [-0.2, -0.15) is 0 Å². The molecule has 0 bridgehead atoms. The molecular formula is C21H33NO4. The van der Waals surface area contributed by atoms with Crippen molar-refractivity contribution >= 4 is 5.97 Å². The minimum Gasteiger partial charge on any atom is -0.496 e. The number of carbonyl (C=O) groups is 1. The maximum absolute atomic E-state index is 11.8. The molecule has 26 heavy (non-hydrogen) atoms. The largest absolute Gasteiger partial charge is 0.496 e. The van der Waals surface area contributed by atoms with Crippen LogP contribution in [0.25, 0.3) is 0 Å². The zero-order valence-corrected chi connectivity index (χ0v) is 16.7. The topological polar surface area (TPSA) is 70.0 Å². The van der Waals surface area contributed by atoms with E-state index in [-0.39, 0.29) is 0 Å². The molecule has 5 nitrogen and oxygen atoms in total. The summed E-state index contributed by atoms with van der Waals surface area (Å²) in [4.78, 5) is 14.0. The van der Waals surface area contributed by atoms with Crippen LogP contribution in [0.1, 0.15) is 62.6 Å². The van der Waals surface area contributed by atoms with E-state index in [9.17, 15) is 15.0 Å². The Morgan fingerprint density at radius 1 is 1.42 bits per heavy atom. The molecule has 2 N–H and O–H groups in total. The number of likely N-dealkylation sites (tertiary alicyclic amines) is 1. The van der Waals surface area contributed by atoms with E-state index in [2.05, 4.69) is 37.8 Å². The number of rotatable bonds is 7. The quantitative estimate of drug-likeness (QED) is 0.775. The van der Waals surface area contributed by atoms with Gasteiger partial charge in [-0.3, -0.25) is 9.69 Å². The number of carboxylic acid groups (broad SMARTS) is 1. The highest BCUT2D eigenvalue weighted by atomic mass is 16.5. The molecule has 0 amide bonds. The summed E-state index contributed by atoms with van der Waals surface area (Å²) in [6.45, 7) is 10.1. The van der Waals surface area contributed by atoms with Gasteiger partial charge in [-0.05, 0) is 55.0 Å². The fraction of sp³-hybridized carbons (Fsp3) is 0.667. The van der Waals surface area contributed by atoms with Crippen molar-refractivity contribution < 1.29 is 19.7 Å². The van der Waals surface area contributed by atoms with Crippen molar-refractivity contribution in [3.8, 4) is 5.75 Å². The maximum atomic E-state index is 11.8. The monoisotopic (exact) mass is 363 g/mol. The first-order chi connectivity index (χ1) is 12.2. The maximum Gasteiger partial charge on any atom is 0.312 e. The second kappa shape index (κ2) is 8.40. The molecule has 0 radical (unpaired) electrons. The zero-order valence-electron chi connectivity index (χ0n) is 16.7. The van der Waals surface area contributed by atoms with Crippen LogP contribution in [0.3, 0.4) is 0 Å². The molecule has 0 spiro atoms. The number of benzene rings is 1. The van der Waals surface area contributed by atoms with E-state index in [0.29, 0.717) is 38.4 Å². The van der Waals surface area contributed by atoms with E-state index in [1.54, 1.807) is 7.11 Å². The molecule has 1 aromatic rings. The van der Waals surface area contributed by atoms with E-state index in [0.717, 1.165) is 17.7 Å². The molecule has 0 saturated carbocycles. The Hall–Kier alpha value is -1.59. The number of carboxylic acids is 1. The number of methoxy groups -OCH3 is 1. The molecule has 2 rings (SSSR count). The molecule has 1 aliphatic heterocycles. The fourth-order valence-corrected chi connectivity index (χ4v) is 4.06. The summed E-state index contributed by atoms with van der Waals surface area (Å²) in [5.41, 5.74) is 2.55. The number of hydrogen-bond acceptors (Lipinski definition) is 4. The molecule has 0 unspecified atom stereocenters. The second-order valence-electron chi connectivity index (χ2n) is 7.89. The van der Waals surface area contributed by atoms with Gasteiger partial charge in [0.05, 0.1) is 18.6 Å². The first-order valence-corrected chi connectivity index (χ1v) is 9.56. The summed E-state index contributed by atoms with van der Waals surface area (Å²) in [6.07, 6.45) is 0.940. The molecule has 0 aliphatic carbocycles. The lowest BCUT2D eigenvalue weighted by Gasteiger charge is -2.43. The average Bonchev–Trinajstić information content (AvgIpc) is 2.58. The molecule has 1 heterocycles. The highest BCUT2D eigenvalue weighted by Gasteiger charge is 2.47. The zero-order chi connectivity index (χ0) is 19.5. The Labute approximate surface area is 157 Å². The Morgan fingerprint density at radius 3 is 2.62 bits per heavy atom. The summed E-state index contributed by atoms with van der Waals surface area (Å²) < 4.78 is 5.51. The number of aliphatic hydroxyl groups excluding tert-OH is 1. The number of aliphatic carboxylic acids is 1. The lowest BCUT2D eigenvalue weighted by atomic mass is 9.72. The van der Waals surface area contributed by atoms with Crippen molar-refractivity contribution in [1.82, 2.24) is 4.90 Å². The van der Waals surface area contributed by atoms with Crippen LogP contribution >= 0.6 is 0 Å². The van der Waals surface area contributed by atoms with Crippen LogP contribution in [-0.4, -0.2) is 47.4 Å². The van der Waals surface area contributed by atoms with Crippen LogP contribution in [0, 0.1) is 12.3 Å². The first-order valence-electron chi connectivity index (χ1n) is 9.56. The molecule has 2 atom stereocenters. The average molecular weight is 363 g/mol. The number of aryl methyl sites for hydroxylation is 1. The highest BCUT2D eigenvalue weighted by molar-refractivity contribution is 5.75.